The Bertz CT molecular complexity index is 476. The van der Waals surface area contributed by atoms with E-state index in [-0.39, 0.29) is 17.5 Å². The second-order valence-electron chi connectivity index (χ2n) is 3.36. The van der Waals surface area contributed by atoms with Gasteiger partial charge in [0.2, 0.25) is 0 Å². The lowest BCUT2D eigenvalue weighted by atomic mass is 9.99. The molecule has 0 aliphatic heterocycles. The topological polar surface area (TPSA) is 62.7 Å². The third-order valence-corrected chi connectivity index (χ3v) is 2.28. The molecule has 0 radical (unpaired) electrons. The molecule has 98 valence electrons. The highest BCUT2D eigenvalue weighted by Gasteiger charge is 2.39. The van der Waals surface area contributed by atoms with E-state index in [9.17, 15) is 22.0 Å². The van der Waals surface area contributed by atoms with Crippen molar-refractivity contribution in [2.45, 2.75) is 25.6 Å². The summed E-state index contributed by atoms with van der Waals surface area (Å²) in [5, 5.41) is 8.47. The molecule has 1 rings (SSSR count). The Hall–Kier alpha value is -1.75. The molecule has 0 atom stereocenters. The van der Waals surface area contributed by atoms with Crippen LogP contribution in [0, 0.1) is 11.3 Å². The summed E-state index contributed by atoms with van der Waals surface area (Å²) in [4.78, 5) is 2.99. The third kappa shape index (κ3) is 2.73. The average molecular weight is 265 g/mol. The standard InChI is InChI=1S/C10H8F5N3/c11-9(12)7-6(3-17)5(1-2-16)4-18-8(7)10(13,14)15/h4,9H,1,3,17H2. The van der Waals surface area contributed by atoms with E-state index < -0.39 is 30.4 Å². The first-order valence-corrected chi connectivity index (χ1v) is 4.76. The van der Waals surface area contributed by atoms with Gasteiger partial charge in [0.05, 0.1) is 18.1 Å². The van der Waals surface area contributed by atoms with E-state index in [0.717, 1.165) is 6.20 Å². The first-order valence-electron chi connectivity index (χ1n) is 4.76. The number of nitriles is 1. The van der Waals surface area contributed by atoms with Crippen molar-refractivity contribution in [3.05, 3.63) is 28.6 Å². The van der Waals surface area contributed by atoms with E-state index in [1.165, 1.54) is 0 Å². The second-order valence-corrected chi connectivity index (χ2v) is 3.36. The normalized spacial score (nSPS) is 11.7. The Morgan fingerprint density at radius 1 is 1.39 bits per heavy atom. The summed E-state index contributed by atoms with van der Waals surface area (Å²) in [5.41, 5.74) is 1.92. The molecule has 2 N–H and O–H groups in total. The van der Waals surface area contributed by atoms with Gasteiger partial charge in [-0.3, -0.25) is 4.98 Å². The molecule has 0 amide bonds. The van der Waals surface area contributed by atoms with Crippen LogP contribution in [0.25, 0.3) is 0 Å². The highest BCUT2D eigenvalue weighted by atomic mass is 19.4. The number of halogens is 5. The predicted molar refractivity (Wildman–Crippen MR) is 51.4 cm³/mol. The van der Waals surface area contributed by atoms with Gasteiger partial charge in [-0.05, 0) is 11.1 Å². The lowest BCUT2D eigenvalue weighted by Crippen LogP contribution is -2.17. The zero-order valence-electron chi connectivity index (χ0n) is 8.93. The summed E-state index contributed by atoms with van der Waals surface area (Å²) in [7, 11) is 0. The number of rotatable bonds is 3. The summed E-state index contributed by atoms with van der Waals surface area (Å²) < 4.78 is 63.1. The maximum absolute atomic E-state index is 12.7. The van der Waals surface area contributed by atoms with E-state index >= 15 is 0 Å². The van der Waals surface area contributed by atoms with Crippen molar-refractivity contribution in [1.29, 1.82) is 5.26 Å². The van der Waals surface area contributed by atoms with Crippen LogP contribution >= 0.6 is 0 Å². The van der Waals surface area contributed by atoms with Gasteiger partial charge >= 0.3 is 6.18 Å². The van der Waals surface area contributed by atoms with Crippen molar-refractivity contribution < 1.29 is 22.0 Å². The minimum absolute atomic E-state index is 0.0108. The molecule has 0 spiro atoms. The van der Waals surface area contributed by atoms with Crippen LogP contribution < -0.4 is 5.73 Å². The first-order chi connectivity index (χ1) is 8.32. The van der Waals surface area contributed by atoms with Gasteiger partial charge in [-0.2, -0.15) is 18.4 Å². The van der Waals surface area contributed by atoms with Crippen molar-refractivity contribution in [3.63, 3.8) is 0 Å². The number of pyridine rings is 1. The fraction of sp³-hybridized carbons (Fsp3) is 0.400. The summed E-state index contributed by atoms with van der Waals surface area (Å²) in [6.45, 7) is -0.512. The molecule has 0 aromatic carbocycles. The van der Waals surface area contributed by atoms with Crippen LogP contribution in [0.15, 0.2) is 6.20 Å². The van der Waals surface area contributed by atoms with Crippen molar-refractivity contribution in [1.82, 2.24) is 4.98 Å². The smallest absolute Gasteiger partial charge is 0.326 e. The highest BCUT2D eigenvalue weighted by molar-refractivity contribution is 5.40. The fourth-order valence-electron chi connectivity index (χ4n) is 1.55. The highest BCUT2D eigenvalue weighted by Crippen LogP contribution is 2.37. The molecule has 18 heavy (non-hydrogen) atoms. The van der Waals surface area contributed by atoms with Crippen LogP contribution in [0.4, 0.5) is 22.0 Å². The van der Waals surface area contributed by atoms with Crippen LogP contribution in [0.5, 0.6) is 0 Å². The van der Waals surface area contributed by atoms with Crippen molar-refractivity contribution in [2.75, 3.05) is 0 Å². The number of hydrogen-bond donors (Lipinski definition) is 1. The Kier molecular flexibility index (Phi) is 4.19. The van der Waals surface area contributed by atoms with Gasteiger partial charge in [0.15, 0.2) is 5.69 Å². The fourth-order valence-corrected chi connectivity index (χ4v) is 1.55. The third-order valence-electron chi connectivity index (χ3n) is 2.28. The van der Waals surface area contributed by atoms with E-state index in [1.807, 2.05) is 0 Å². The number of nitrogens with two attached hydrogens (primary N) is 1. The molecule has 1 heterocycles. The number of alkyl halides is 5. The van der Waals surface area contributed by atoms with Crippen molar-refractivity contribution >= 4 is 0 Å². The van der Waals surface area contributed by atoms with Gasteiger partial charge in [-0.15, -0.1) is 0 Å². The second kappa shape index (κ2) is 5.27. The molecule has 0 aliphatic carbocycles. The van der Waals surface area contributed by atoms with E-state index in [2.05, 4.69) is 4.98 Å². The summed E-state index contributed by atoms with van der Waals surface area (Å²) in [5.74, 6) is 0. The van der Waals surface area contributed by atoms with E-state index in [4.69, 9.17) is 11.0 Å². The molecule has 0 fully saturated rings. The van der Waals surface area contributed by atoms with Gasteiger partial charge in [-0.1, -0.05) is 0 Å². The lowest BCUT2D eigenvalue weighted by molar-refractivity contribution is -0.143. The van der Waals surface area contributed by atoms with Gasteiger partial charge in [0.25, 0.3) is 6.43 Å². The van der Waals surface area contributed by atoms with Crippen LogP contribution in [0.1, 0.15) is 28.8 Å². The molecule has 0 saturated carbocycles. The average Bonchev–Trinajstić information content (AvgIpc) is 2.27. The number of hydrogen-bond acceptors (Lipinski definition) is 3. The lowest BCUT2D eigenvalue weighted by Gasteiger charge is -2.16. The Morgan fingerprint density at radius 3 is 2.39 bits per heavy atom. The molecule has 1 aromatic heterocycles. The van der Waals surface area contributed by atoms with Crippen molar-refractivity contribution in [3.8, 4) is 6.07 Å². The maximum atomic E-state index is 12.7. The van der Waals surface area contributed by atoms with Crippen LogP contribution in [-0.4, -0.2) is 4.98 Å². The first kappa shape index (κ1) is 14.3. The molecule has 0 saturated heterocycles. The van der Waals surface area contributed by atoms with Gasteiger partial charge < -0.3 is 5.73 Å². The monoisotopic (exact) mass is 265 g/mol. The van der Waals surface area contributed by atoms with Gasteiger partial charge in [0, 0.05) is 12.7 Å². The van der Waals surface area contributed by atoms with Crippen LogP contribution in [0.3, 0.4) is 0 Å². The SMILES string of the molecule is N#CCc1cnc(C(F)(F)F)c(C(F)F)c1CN. The molecule has 0 unspecified atom stereocenters. The largest absolute Gasteiger partial charge is 0.433 e. The molecule has 0 aliphatic rings. The molecule has 3 nitrogen and oxygen atoms in total. The summed E-state index contributed by atoms with van der Waals surface area (Å²) in [6, 6.07) is 1.66. The quantitative estimate of drug-likeness (QED) is 0.854. The number of aromatic nitrogens is 1. The Labute approximate surface area is 99.0 Å². The van der Waals surface area contributed by atoms with E-state index in [1.54, 1.807) is 6.07 Å². The predicted octanol–water partition coefficient (Wildman–Crippen LogP) is 2.56. The Morgan fingerprint density at radius 2 is 2.00 bits per heavy atom. The minimum Gasteiger partial charge on any atom is -0.326 e. The molecule has 1 aromatic rings. The molecule has 8 heteroatoms. The molecule has 0 bridgehead atoms. The zero-order chi connectivity index (χ0) is 13.9. The van der Waals surface area contributed by atoms with Crippen molar-refractivity contribution in [2.24, 2.45) is 5.73 Å². The summed E-state index contributed by atoms with van der Waals surface area (Å²) >= 11 is 0. The minimum atomic E-state index is -4.99. The van der Waals surface area contributed by atoms with Gasteiger partial charge in [-0.25, -0.2) is 8.78 Å². The Balaban J connectivity index is 3.54. The maximum Gasteiger partial charge on any atom is 0.433 e. The van der Waals surface area contributed by atoms with Crippen LogP contribution in [-0.2, 0) is 19.1 Å². The number of nitrogens with zero attached hydrogens (tertiary/aromatic N) is 2. The van der Waals surface area contributed by atoms with Crippen LogP contribution in [0.2, 0.25) is 0 Å². The van der Waals surface area contributed by atoms with E-state index in [0.29, 0.717) is 0 Å². The zero-order valence-corrected chi connectivity index (χ0v) is 8.93. The molecular weight excluding hydrogens is 257 g/mol. The molecular formula is C10H8F5N3. The van der Waals surface area contributed by atoms with Gasteiger partial charge in [0.1, 0.15) is 0 Å². The summed E-state index contributed by atoms with van der Waals surface area (Å²) in [6.07, 6.45) is -7.90.